The molecule has 0 aliphatic rings. The summed E-state index contributed by atoms with van der Waals surface area (Å²) >= 11 is 0. The molecule has 0 rings (SSSR count). The molecule has 0 bridgehead atoms. The van der Waals surface area contributed by atoms with Crippen LogP contribution in [-0.2, 0) is 0 Å². The Morgan fingerprint density at radius 3 is 2.38 bits per heavy atom. The van der Waals surface area contributed by atoms with Gasteiger partial charge in [-0.2, -0.15) is 0 Å². The maximum atomic E-state index is 8.67. The van der Waals surface area contributed by atoms with E-state index in [2.05, 4.69) is 0 Å². The quantitative estimate of drug-likeness (QED) is 0.412. The predicted octanol–water partition coefficient (Wildman–Crippen LogP) is 0.263. The van der Waals surface area contributed by atoms with Crippen molar-refractivity contribution >= 4 is 5.84 Å². The van der Waals surface area contributed by atoms with Crippen molar-refractivity contribution in [1.82, 2.24) is 4.90 Å². The van der Waals surface area contributed by atoms with E-state index in [9.17, 15) is 0 Å². The third-order valence-electron chi connectivity index (χ3n) is 2.33. The van der Waals surface area contributed by atoms with Crippen molar-refractivity contribution in [3.63, 3.8) is 0 Å². The molecule has 0 aromatic heterocycles. The molecule has 0 saturated carbocycles. The minimum absolute atomic E-state index is 0.178. The molecule has 0 heterocycles. The average Bonchev–Trinajstić information content (AvgIpc) is 2.01. The fraction of sp³-hybridized carbons (Fsp3) is 0.889. The second-order valence-electron chi connectivity index (χ2n) is 4.07. The van der Waals surface area contributed by atoms with E-state index in [1.807, 2.05) is 25.8 Å². The molecule has 0 saturated heterocycles. The van der Waals surface area contributed by atoms with Crippen LogP contribution < -0.4 is 5.73 Å². The fourth-order valence-electron chi connectivity index (χ4n) is 0.888. The first kappa shape index (κ1) is 12.4. The molecule has 0 aliphatic heterocycles. The summed E-state index contributed by atoms with van der Waals surface area (Å²) in [5, 5.41) is 16.0. The highest BCUT2D eigenvalue weighted by Crippen LogP contribution is 2.19. The smallest absolute Gasteiger partial charge is 0.0963 e. The lowest BCUT2D eigenvalue weighted by Gasteiger charge is -2.25. The van der Waals surface area contributed by atoms with Crippen LogP contribution in [0.2, 0.25) is 0 Å². The minimum Gasteiger partial charge on any atom is -0.395 e. The molecule has 0 spiro atoms. The third-order valence-corrected chi connectivity index (χ3v) is 2.33. The van der Waals surface area contributed by atoms with E-state index in [4.69, 9.17) is 16.2 Å². The molecule has 0 amide bonds. The van der Waals surface area contributed by atoms with Gasteiger partial charge >= 0.3 is 0 Å². The second-order valence-corrected chi connectivity index (χ2v) is 4.07. The Labute approximate surface area is 80.2 Å². The Morgan fingerprint density at radius 2 is 2.00 bits per heavy atom. The molecule has 78 valence electrons. The Balaban J connectivity index is 3.80. The van der Waals surface area contributed by atoms with Crippen LogP contribution in [0.25, 0.3) is 0 Å². The van der Waals surface area contributed by atoms with Crippen molar-refractivity contribution in [1.29, 1.82) is 5.41 Å². The molecule has 0 aromatic rings. The molecular weight excluding hydrogens is 166 g/mol. The van der Waals surface area contributed by atoms with E-state index in [0.29, 0.717) is 6.54 Å². The fourth-order valence-corrected chi connectivity index (χ4v) is 0.888. The Morgan fingerprint density at radius 1 is 1.46 bits per heavy atom. The monoisotopic (exact) mass is 187 g/mol. The SMILES string of the molecule is CN(CCO)CCC(C)(C)C(=N)N. The molecule has 0 radical (unpaired) electrons. The highest BCUT2D eigenvalue weighted by molar-refractivity contribution is 5.82. The van der Waals surface area contributed by atoms with E-state index in [-0.39, 0.29) is 17.9 Å². The summed E-state index contributed by atoms with van der Waals surface area (Å²) in [6.07, 6.45) is 0.846. The summed E-state index contributed by atoms with van der Waals surface area (Å²) in [4.78, 5) is 2.03. The van der Waals surface area contributed by atoms with E-state index >= 15 is 0 Å². The van der Waals surface area contributed by atoms with Crippen molar-refractivity contribution < 1.29 is 5.11 Å². The zero-order chi connectivity index (χ0) is 10.5. The Hall–Kier alpha value is -0.610. The van der Waals surface area contributed by atoms with Gasteiger partial charge in [0.05, 0.1) is 12.4 Å². The number of aliphatic hydroxyl groups is 1. The van der Waals surface area contributed by atoms with Gasteiger partial charge in [0.25, 0.3) is 0 Å². The number of aliphatic hydroxyl groups excluding tert-OH is 1. The molecule has 4 heteroatoms. The predicted molar refractivity (Wildman–Crippen MR) is 54.9 cm³/mol. The normalized spacial score (nSPS) is 12.1. The Bertz CT molecular complexity index is 168. The number of hydrogen-bond acceptors (Lipinski definition) is 3. The first-order valence-corrected chi connectivity index (χ1v) is 4.54. The number of rotatable bonds is 6. The van der Waals surface area contributed by atoms with E-state index in [0.717, 1.165) is 13.0 Å². The van der Waals surface area contributed by atoms with Crippen LogP contribution in [0.4, 0.5) is 0 Å². The number of nitrogens with zero attached hydrogens (tertiary/aromatic N) is 1. The molecule has 0 unspecified atom stereocenters. The second kappa shape index (κ2) is 5.19. The summed E-state index contributed by atoms with van der Waals surface area (Å²) in [7, 11) is 1.95. The lowest BCUT2D eigenvalue weighted by atomic mass is 9.88. The van der Waals surface area contributed by atoms with Crippen LogP contribution in [0.5, 0.6) is 0 Å². The van der Waals surface area contributed by atoms with Gasteiger partial charge in [0, 0.05) is 12.0 Å². The van der Waals surface area contributed by atoms with E-state index in [1.165, 1.54) is 0 Å². The van der Waals surface area contributed by atoms with Crippen LogP contribution >= 0.6 is 0 Å². The molecule has 0 aromatic carbocycles. The molecule has 0 fully saturated rings. The molecule has 13 heavy (non-hydrogen) atoms. The maximum Gasteiger partial charge on any atom is 0.0963 e. The van der Waals surface area contributed by atoms with Gasteiger partial charge in [0.15, 0.2) is 0 Å². The summed E-state index contributed by atoms with van der Waals surface area (Å²) in [6, 6.07) is 0. The number of amidine groups is 1. The van der Waals surface area contributed by atoms with E-state index < -0.39 is 0 Å². The van der Waals surface area contributed by atoms with Crippen molar-refractivity contribution in [2.24, 2.45) is 11.1 Å². The van der Waals surface area contributed by atoms with Gasteiger partial charge in [-0.25, -0.2) is 0 Å². The number of nitrogens with two attached hydrogens (primary N) is 1. The summed E-state index contributed by atoms with van der Waals surface area (Å²) < 4.78 is 0. The van der Waals surface area contributed by atoms with Gasteiger partial charge < -0.3 is 15.7 Å². The summed E-state index contributed by atoms with van der Waals surface area (Å²) in [6.45, 7) is 5.63. The van der Waals surface area contributed by atoms with Gasteiger partial charge in [0.1, 0.15) is 0 Å². The standard InChI is InChI=1S/C9H21N3O/c1-9(2,8(10)11)4-5-12(3)6-7-13/h13H,4-7H2,1-3H3,(H3,10,11). The highest BCUT2D eigenvalue weighted by Gasteiger charge is 2.21. The van der Waals surface area contributed by atoms with E-state index in [1.54, 1.807) is 0 Å². The van der Waals surface area contributed by atoms with Crippen LogP contribution in [0, 0.1) is 10.8 Å². The van der Waals surface area contributed by atoms with Gasteiger partial charge in [0.2, 0.25) is 0 Å². The first-order chi connectivity index (χ1) is 5.90. The number of likely N-dealkylation sites (N-methyl/N-ethyl adjacent to an activating group) is 1. The zero-order valence-corrected chi connectivity index (χ0v) is 8.80. The number of nitrogens with one attached hydrogen (secondary N) is 1. The third kappa shape index (κ3) is 4.85. The largest absolute Gasteiger partial charge is 0.395 e. The highest BCUT2D eigenvalue weighted by atomic mass is 16.3. The lowest BCUT2D eigenvalue weighted by molar-refractivity contribution is 0.210. The van der Waals surface area contributed by atoms with Crippen LogP contribution in [-0.4, -0.2) is 42.6 Å². The first-order valence-electron chi connectivity index (χ1n) is 4.54. The number of hydrogen-bond donors (Lipinski definition) is 3. The molecule has 4 nitrogen and oxygen atoms in total. The zero-order valence-electron chi connectivity index (χ0n) is 8.80. The van der Waals surface area contributed by atoms with Gasteiger partial charge in [-0.05, 0) is 20.0 Å². The average molecular weight is 187 g/mol. The molecule has 0 atom stereocenters. The van der Waals surface area contributed by atoms with Crippen molar-refractivity contribution in [3.05, 3.63) is 0 Å². The van der Waals surface area contributed by atoms with Crippen LogP contribution in [0.3, 0.4) is 0 Å². The van der Waals surface area contributed by atoms with Crippen molar-refractivity contribution in [2.75, 3.05) is 26.7 Å². The molecular formula is C9H21N3O. The Kier molecular flexibility index (Phi) is 4.95. The molecule has 0 aliphatic carbocycles. The van der Waals surface area contributed by atoms with Crippen LogP contribution in [0.15, 0.2) is 0 Å². The minimum atomic E-state index is -0.232. The van der Waals surface area contributed by atoms with Crippen LogP contribution in [0.1, 0.15) is 20.3 Å². The lowest BCUT2D eigenvalue weighted by Crippen LogP contribution is -2.35. The van der Waals surface area contributed by atoms with Crippen molar-refractivity contribution in [2.45, 2.75) is 20.3 Å². The summed E-state index contributed by atoms with van der Waals surface area (Å²) in [5.74, 6) is 0.227. The van der Waals surface area contributed by atoms with Gasteiger partial charge in [-0.1, -0.05) is 13.8 Å². The molecule has 4 N–H and O–H groups in total. The topological polar surface area (TPSA) is 73.3 Å². The van der Waals surface area contributed by atoms with Crippen molar-refractivity contribution in [3.8, 4) is 0 Å². The maximum absolute atomic E-state index is 8.67. The van der Waals surface area contributed by atoms with Gasteiger partial charge in [-0.3, -0.25) is 5.41 Å². The van der Waals surface area contributed by atoms with Gasteiger partial charge in [-0.15, -0.1) is 0 Å². The summed E-state index contributed by atoms with van der Waals surface area (Å²) in [5.41, 5.74) is 5.21.